The molecule has 0 amide bonds. The normalized spacial score (nSPS) is 10.7. The van der Waals surface area contributed by atoms with Crippen LogP contribution in [-0.2, 0) is 13.1 Å². The van der Waals surface area contributed by atoms with Crippen molar-refractivity contribution < 1.29 is 4.74 Å². The number of hydrogen-bond donors (Lipinski definition) is 1. The van der Waals surface area contributed by atoms with Gasteiger partial charge in [0.1, 0.15) is 0 Å². The number of aromatic nitrogens is 1. The monoisotopic (exact) mass is 257 g/mol. The molecule has 4 heteroatoms. The molecule has 100 valence electrons. The summed E-state index contributed by atoms with van der Waals surface area (Å²) in [7, 11) is 3.69. The first-order valence-electron chi connectivity index (χ1n) is 6.20. The summed E-state index contributed by atoms with van der Waals surface area (Å²) in [4.78, 5) is 6.39. The van der Waals surface area contributed by atoms with Gasteiger partial charge < -0.3 is 10.5 Å². The number of nitrogen functional groups attached to an aromatic ring is 1. The maximum absolute atomic E-state index is 5.95. The Labute approximate surface area is 113 Å². The van der Waals surface area contributed by atoms with E-state index in [1.54, 1.807) is 13.3 Å². The molecule has 0 bridgehead atoms. The largest absolute Gasteiger partial charge is 0.481 e. The molecular formula is C15H19N3O. The first kappa shape index (κ1) is 13.4. The quantitative estimate of drug-likeness (QED) is 0.835. The minimum absolute atomic E-state index is 0.676. The van der Waals surface area contributed by atoms with E-state index in [2.05, 4.69) is 16.9 Å². The second kappa shape index (κ2) is 6.20. The highest BCUT2D eigenvalue weighted by Gasteiger charge is 2.08. The van der Waals surface area contributed by atoms with E-state index in [-0.39, 0.29) is 0 Å². The number of hydrogen-bond acceptors (Lipinski definition) is 4. The Kier molecular flexibility index (Phi) is 4.36. The molecule has 2 N–H and O–H groups in total. The van der Waals surface area contributed by atoms with Crippen LogP contribution in [0.1, 0.15) is 11.1 Å². The fourth-order valence-electron chi connectivity index (χ4n) is 2.04. The number of para-hydroxylation sites is 1. The van der Waals surface area contributed by atoms with Gasteiger partial charge in [0.05, 0.1) is 7.11 Å². The zero-order chi connectivity index (χ0) is 13.7. The van der Waals surface area contributed by atoms with Crippen LogP contribution < -0.4 is 10.5 Å². The summed E-state index contributed by atoms with van der Waals surface area (Å²) in [5.41, 5.74) is 8.98. The average molecular weight is 257 g/mol. The van der Waals surface area contributed by atoms with Crippen molar-refractivity contribution in [1.82, 2.24) is 9.88 Å². The van der Waals surface area contributed by atoms with E-state index >= 15 is 0 Å². The van der Waals surface area contributed by atoms with Gasteiger partial charge in [0.25, 0.3) is 0 Å². The van der Waals surface area contributed by atoms with E-state index < -0.39 is 0 Å². The van der Waals surface area contributed by atoms with Crippen LogP contribution in [0.25, 0.3) is 0 Å². The van der Waals surface area contributed by atoms with Gasteiger partial charge in [-0.25, -0.2) is 4.98 Å². The van der Waals surface area contributed by atoms with E-state index in [0.717, 1.165) is 29.9 Å². The molecule has 0 fully saturated rings. The number of pyridine rings is 1. The van der Waals surface area contributed by atoms with Gasteiger partial charge in [-0.1, -0.05) is 24.3 Å². The predicted molar refractivity (Wildman–Crippen MR) is 76.8 cm³/mol. The number of methoxy groups -OCH3 is 1. The predicted octanol–water partition coefficient (Wildman–Crippen LogP) is 2.30. The lowest BCUT2D eigenvalue weighted by atomic mass is 10.1. The van der Waals surface area contributed by atoms with Gasteiger partial charge in [-0.3, -0.25) is 4.90 Å². The maximum atomic E-state index is 5.95. The van der Waals surface area contributed by atoms with Crippen LogP contribution >= 0.6 is 0 Å². The zero-order valence-corrected chi connectivity index (χ0v) is 11.3. The number of nitrogens with two attached hydrogens (primary N) is 1. The topological polar surface area (TPSA) is 51.4 Å². The standard InChI is InChI=1S/C15H19N3O/c1-18(10-12-6-3-4-8-14(12)16)11-13-7-5-9-17-15(13)19-2/h3-9H,10-11,16H2,1-2H3. The van der Waals surface area contributed by atoms with Crippen molar-refractivity contribution in [3.05, 3.63) is 53.7 Å². The Morgan fingerprint density at radius 3 is 2.53 bits per heavy atom. The molecule has 0 saturated carbocycles. The van der Waals surface area contributed by atoms with Gasteiger partial charge in [-0.2, -0.15) is 0 Å². The highest BCUT2D eigenvalue weighted by molar-refractivity contribution is 5.46. The Morgan fingerprint density at radius 1 is 1.11 bits per heavy atom. The minimum Gasteiger partial charge on any atom is -0.481 e. The van der Waals surface area contributed by atoms with Crippen molar-refractivity contribution >= 4 is 5.69 Å². The Bertz CT molecular complexity index is 542. The van der Waals surface area contributed by atoms with Crippen LogP contribution in [0.15, 0.2) is 42.6 Å². The fraction of sp³-hybridized carbons (Fsp3) is 0.267. The van der Waals surface area contributed by atoms with E-state index in [1.807, 2.05) is 36.4 Å². The Morgan fingerprint density at radius 2 is 1.79 bits per heavy atom. The van der Waals surface area contributed by atoms with Crippen LogP contribution in [0.2, 0.25) is 0 Å². The first-order chi connectivity index (χ1) is 9.20. The molecular weight excluding hydrogens is 238 g/mol. The van der Waals surface area contributed by atoms with E-state index in [0.29, 0.717) is 5.88 Å². The summed E-state index contributed by atoms with van der Waals surface area (Å²) in [6.07, 6.45) is 1.73. The Balaban J connectivity index is 2.05. The third kappa shape index (κ3) is 3.45. The van der Waals surface area contributed by atoms with E-state index in [4.69, 9.17) is 10.5 Å². The maximum Gasteiger partial charge on any atom is 0.217 e. The lowest BCUT2D eigenvalue weighted by Gasteiger charge is -2.18. The number of anilines is 1. The molecule has 2 aromatic rings. The van der Waals surface area contributed by atoms with Crippen LogP contribution in [0.5, 0.6) is 5.88 Å². The smallest absolute Gasteiger partial charge is 0.217 e. The number of rotatable bonds is 5. The molecule has 0 spiro atoms. The molecule has 1 aromatic carbocycles. The number of nitrogens with zero attached hydrogens (tertiary/aromatic N) is 2. The van der Waals surface area contributed by atoms with Gasteiger partial charge in [-0.05, 0) is 24.7 Å². The van der Waals surface area contributed by atoms with Crippen LogP contribution in [-0.4, -0.2) is 24.0 Å². The molecule has 0 aliphatic carbocycles. The lowest BCUT2D eigenvalue weighted by Crippen LogP contribution is -2.18. The van der Waals surface area contributed by atoms with Gasteiger partial charge in [0.15, 0.2) is 0 Å². The first-order valence-corrected chi connectivity index (χ1v) is 6.20. The Hall–Kier alpha value is -2.07. The summed E-state index contributed by atoms with van der Waals surface area (Å²) >= 11 is 0. The molecule has 2 rings (SSSR count). The van der Waals surface area contributed by atoms with E-state index in [9.17, 15) is 0 Å². The molecule has 4 nitrogen and oxygen atoms in total. The lowest BCUT2D eigenvalue weighted by molar-refractivity contribution is 0.307. The van der Waals surface area contributed by atoms with E-state index in [1.165, 1.54) is 0 Å². The molecule has 1 aromatic heterocycles. The fourth-order valence-corrected chi connectivity index (χ4v) is 2.04. The second-order valence-electron chi connectivity index (χ2n) is 4.54. The summed E-state index contributed by atoms with van der Waals surface area (Å²) in [6, 6.07) is 11.9. The highest BCUT2D eigenvalue weighted by atomic mass is 16.5. The van der Waals surface area contributed by atoms with Crippen molar-refractivity contribution in [2.24, 2.45) is 0 Å². The van der Waals surface area contributed by atoms with Crippen molar-refractivity contribution in [3.63, 3.8) is 0 Å². The van der Waals surface area contributed by atoms with Crippen LogP contribution in [0, 0.1) is 0 Å². The SMILES string of the molecule is COc1ncccc1CN(C)Cc1ccccc1N. The van der Waals surface area contributed by atoms with Gasteiger partial charge in [0.2, 0.25) is 5.88 Å². The summed E-state index contributed by atoms with van der Waals surface area (Å²) in [6.45, 7) is 1.57. The number of benzene rings is 1. The third-order valence-electron chi connectivity index (χ3n) is 2.98. The summed E-state index contributed by atoms with van der Waals surface area (Å²) < 4.78 is 5.26. The van der Waals surface area contributed by atoms with Crippen molar-refractivity contribution in [2.75, 3.05) is 19.9 Å². The molecule has 19 heavy (non-hydrogen) atoms. The second-order valence-corrected chi connectivity index (χ2v) is 4.54. The van der Waals surface area contributed by atoms with Crippen molar-refractivity contribution in [1.29, 1.82) is 0 Å². The molecule has 0 saturated heterocycles. The van der Waals surface area contributed by atoms with Gasteiger partial charge in [-0.15, -0.1) is 0 Å². The van der Waals surface area contributed by atoms with Gasteiger partial charge in [0, 0.05) is 30.5 Å². The van der Waals surface area contributed by atoms with Crippen LogP contribution in [0.3, 0.4) is 0 Å². The van der Waals surface area contributed by atoms with Crippen molar-refractivity contribution in [2.45, 2.75) is 13.1 Å². The number of ether oxygens (including phenoxy) is 1. The summed E-state index contributed by atoms with van der Waals surface area (Å²) in [5.74, 6) is 0.676. The molecule has 0 aliphatic rings. The third-order valence-corrected chi connectivity index (χ3v) is 2.98. The summed E-state index contributed by atoms with van der Waals surface area (Å²) in [5, 5.41) is 0. The molecule has 0 radical (unpaired) electrons. The highest BCUT2D eigenvalue weighted by Crippen LogP contribution is 2.18. The van der Waals surface area contributed by atoms with Crippen LogP contribution in [0.4, 0.5) is 5.69 Å². The van der Waals surface area contributed by atoms with Gasteiger partial charge >= 0.3 is 0 Å². The minimum atomic E-state index is 0.676. The molecule has 0 atom stereocenters. The molecule has 0 aliphatic heterocycles. The van der Waals surface area contributed by atoms with Crippen molar-refractivity contribution in [3.8, 4) is 5.88 Å². The molecule has 1 heterocycles. The molecule has 0 unspecified atom stereocenters. The zero-order valence-electron chi connectivity index (χ0n) is 11.3. The average Bonchev–Trinajstić information content (AvgIpc) is 2.42.